The van der Waals surface area contributed by atoms with E-state index in [1.54, 1.807) is 11.1 Å². The lowest BCUT2D eigenvalue weighted by atomic mass is 10.1. The Labute approximate surface area is 190 Å². The summed E-state index contributed by atoms with van der Waals surface area (Å²) in [5, 5.41) is 9.08. The molecule has 0 bridgehead atoms. The number of anilines is 1. The minimum atomic E-state index is -0.248. The van der Waals surface area contributed by atoms with Crippen molar-refractivity contribution in [3.63, 3.8) is 0 Å². The molecule has 1 atom stereocenters. The van der Waals surface area contributed by atoms with Gasteiger partial charge >= 0.3 is 0 Å². The Morgan fingerprint density at radius 3 is 2.70 bits per heavy atom. The average molecular weight is 433 g/mol. The van der Waals surface area contributed by atoms with Crippen LogP contribution in [-0.2, 0) is 16.1 Å². The number of aldehydes is 1. The zero-order valence-corrected chi connectivity index (χ0v) is 17.7. The highest BCUT2D eigenvalue weighted by molar-refractivity contribution is 5.98. The molecule has 0 spiro atoms. The monoisotopic (exact) mass is 433 g/mol. The highest BCUT2D eigenvalue weighted by Crippen LogP contribution is 2.36. The van der Waals surface area contributed by atoms with Crippen molar-refractivity contribution in [1.29, 1.82) is 5.26 Å². The first-order valence-corrected chi connectivity index (χ1v) is 10.8. The van der Waals surface area contributed by atoms with Crippen molar-refractivity contribution < 1.29 is 9.59 Å². The maximum atomic E-state index is 12.5. The number of fused-ring (bicyclic) bond motifs is 5. The summed E-state index contributed by atoms with van der Waals surface area (Å²) in [6.07, 6.45) is 6.97. The van der Waals surface area contributed by atoms with Crippen LogP contribution >= 0.6 is 0 Å². The highest BCUT2D eigenvalue weighted by atomic mass is 16.2. The highest BCUT2D eigenvalue weighted by Gasteiger charge is 2.31. The minimum absolute atomic E-state index is 0.0197. The van der Waals surface area contributed by atoms with Gasteiger partial charge in [-0.15, -0.1) is 0 Å². The van der Waals surface area contributed by atoms with E-state index in [1.807, 2.05) is 48.7 Å². The molecule has 6 rings (SSSR count). The Morgan fingerprint density at radius 2 is 1.94 bits per heavy atom. The SMILES string of the molecule is N#Cc1ccc(-c2cc3n(c2)Cc2cc(N4C[C@@H](C=O)CC4=O)ccc2-n2ccnc2-3)cc1. The number of imidazole rings is 1. The summed E-state index contributed by atoms with van der Waals surface area (Å²) in [6.45, 7) is 1.05. The molecule has 0 aliphatic carbocycles. The number of carbonyl (C=O) groups excluding carboxylic acids is 2. The van der Waals surface area contributed by atoms with Gasteiger partial charge in [-0.05, 0) is 47.5 Å². The molecule has 2 aliphatic rings. The predicted octanol–water partition coefficient (Wildman–Crippen LogP) is 3.79. The van der Waals surface area contributed by atoms with E-state index < -0.39 is 0 Å². The molecule has 0 unspecified atom stereocenters. The number of benzene rings is 2. The maximum absolute atomic E-state index is 12.5. The van der Waals surface area contributed by atoms with E-state index in [-0.39, 0.29) is 18.2 Å². The fourth-order valence-electron chi connectivity index (χ4n) is 4.77. The van der Waals surface area contributed by atoms with Crippen LogP contribution in [0.2, 0.25) is 0 Å². The van der Waals surface area contributed by atoms with Crippen molar-refractivity contribution in [3.8, 4) is 34.4 Å². The molecule has 2 aliphatic heterocycles. The molecular weight excluding hydrogens is 414 g/mol. The number of carbonyl (C=O) groups is 2. The Kier molecular flexibility index (Phi) is 4.27. The molecule has 7 heteroatoms. The largest absolute Gasteiger partial charge is 0.340 e. The van der Waals surface area contributed by atoms with Gasteiger partial charge in [-0.25, -0.2) is 4.98 Å². The second kappa shape index (κ2) is 7.31. The van der Waals surface area contributed by atoms with Crippen LogP contribution < -0.4 is 4.90 Å². The van der Waals surface area contributed by atoms with Gasteiger partial charge in [-0.1, -0.05) is 12.1 Å². The first-order chi connectivity index (χ1) is 16.1. The molecule has 1 amide bonds. The van der Waals surface area contributed by atoms with Crippen LogP contribution in [0.25, 0.3) is 28.3 Å². The summed E-state index contributed by atoms with van der Waals surface area (Å²) >= 11 is 0. The number of nitrogens with zero attached hydrogens (tertiary/aromatic N) is 5. The summed E-state index contributed by atoms with van der Waals surface area (Å²) < 4.78 is 4.24. The first-order valence-electron chi connectivity index (χ1n) is 10.8. The molecule has 7 nitrogen and oxygen atoms in total. The fourth-order valence-corrected chi connectivity index (χ4v) is 4.77. The first kappa shape index (κ1) is 19.3. The zero-order valence-electron chi connectivity index (χ0n) is 17.7. The Morgan fingerprint density at radius 1 is 1.09 bits per heavy atom. The topological polar surface area (TPSA) is 83.9 Å². The standard InChI is InChI=1S/C26H19N5O2/c27-12-17-1-3-19(4-2-17)20-11-24-26-28-7-8-30(26)23-6-5-22(10-21(23)15-29(24)14-20)31-13-18(16-32)9-25(31)33/h1-8,10-11,14,16,18H,9,13,15H2/t18-/m0/s1. The molecule has 2 aromatic heterocycles. The Balaban J connectivity index is 1.43. The number of amides is 1. The van der Waals surface area contributed by atoms with E-state index in [1.165, 1.54) is 0 Å². The van der Waals surface area contributed by atoms with Crippen LogP contribution in [0.5, 0.6) is 0 Å². The maximum Gasteiger partial charge on any atom is 0.227 e. The Hall–Kier alpha value is -4.44. The van der Waals surface area contributed by atoms with Crippen LogP contribution in [0.1, 0.15) is 17.5 Å². The normalized spacial score (nSPS) is 16.5. The van der Waals surface area contributed by atoms with Crippen molar-refractivity contribution in [2.75, 3.05) is 11.4 Å². The molecule has 4 heterocycles. The summed E-state index contributed by atoms with van der Waals surface area (Å²) in [5.74, 6) is 0.580. The molecule has 1 saturated heterocycles. The van der Waals surface area contributed by atoms with Crippen molar-refractivity contribution in [2.24, 2.45) is 5.92 Å². The third kappa shape index (κ3) is 3.07. The number of aromatic nitrogens is 3. The predicted molar refractivity (Wildman–Crippen MR) is 123 cm³/mol. The van der Waals surface area contributed by atoms with Crippen LogP contribution in [0.4, 0.5) is 5.69 Å². The lowest BCUT2D eigenvalue weighted by Gasteiger charge is -2.19. The summed E-state index contributed by atoms with van der Waals surface area (Å²) in [4.78, 5) is 30.0. The number of nitriles is 1. The van der Waals surface area contributed by atoms with Crippen molar-refractivity contribution in [3.05, 3.63) is 78.2 Å². The van der Waals surface area contributed by atoms with Crippen molar-refractivity contribution >= 4 is 17.9 Å². The van der Waals surface area contributed by atoms with Gasteiger partial charge in [0.2, 0.25) is 5.91 Å². The molecule has 160 valence electrons. The summed E-state index contributed by atoms with van der Waals surface area (Å²) in [5.41, 5.74) is 6.60. The zero-order chi connectivity index (χ0) is 22.5. The molecule has 4 aromatic rings. The molecule has 0 radical (unpaired) electrons. The van der Waals surface area contributed by atoms with Crippen LogP contribution in [0.15, 0.2) is 67.1 Å². The summed E-state index contributed by atoms with van der Waals surface area (Å²) in [6, 6.07) is 17.8. The van der Waals surface area contributed by atoms with Gasteiger partial charge in [0.1, 0.15) is 6.29 Å². The third-order valence-corrected chi connectivity index (χ3v) is 6.44. The number of hydrogen-bond donors (Lipinski definition) is 0. The van der Waals surface area contributed by atoms with E-state index in [0.29, 0.717) is 18.7 Å². The van der Waals surface area contributed by atoms with Crippen LogP contribution in [0.3, 0.4) is 0 Å². The van der Waals surface area contributed by atoms with E-state index in [9.17, 15) is 9.59 Å². The van der Waals surface area contributed by atoms with E-state index >= 15 is 0 Å². The molecule has 0 N–H and O–H groups in total. The van der Waals surface area contributed by atoms with Gasteiger partial charge in [0.25, 0.3) is 0 Å². The van der Waals surface area contributed by atoms with Gasteiger partial charge in [0.15, 0.2) is 5.82 Å². The molecule has 0 saturated carbocycles. The van der Waals surface area contributed by atoms with Gasteiger partial charge < -0.3 is 14.3 Å². The Bertz CT molecular complexity index is 1450. The van der Waals surface area contributed by atoms with E-state index in [4.69, 9.17) is 5.26 Å². The second-order valence-electron chi connectivity index (χ2n) is 8.47. The van der Waals surface area contributed by atoms with E-state index in [2.05, 4.69) is 32.5 Å². The third-order valence-electron chi connectivity index (χ3n) is 6.44. The molecule has 2 aromatic carbocycles. The molecular formula is C26H19N5O2. The second-order valence-corrected chi connectivity index (χ2v) is 8.47. The van der Waals surface area contributed by atoms with Crippen LogP contribution in [0, 0.1) is 17.2 Å². The van der Waals surface area contributed by atoms with Crippen molar-refractivity contribution in [2.45, 2.75) is 13.0 Å². The molecule has 1 fully saturated rings. The lowest BCUT2D eigenvalue weighted by Crippen LogP contribution is -2.24. The minimum Gasteiger partial charge on any atom is -0.340 e. The van der Waals surface area contributed by atoms with Crippen LogP contribution in [-0.4, -0.2) is 32.9 Å². The number of rotatable bonds is 3. The number of hydrogen-bond acceptors (Lipinski definition) is 4. The fraction of sp³-hybridized carbons (Fsp3) is 0.154. The summed E-state index contributed by atoms with van der Waals surface area (Å²) in [7, 11) is 0. The quantitative estimate of drug-likeness (QED) is 0.405. The van der Waals surface area contributed by atoms with Crippen molar-refractivity contribution in [1.82, 2.24) is 14.1 Å². The lowest BCUT2D eigenvalue weighted by molar-refractivity contribution is -0.119. The van der Waals surface area contributed by atoms with Gasteiger partial charge in [0.05, 0.1) is 23.0 Å². The van der Waals surface area contributed by atoms with E-state index in [0.717, 1.165) is 45.9 Å². The smallest absolute Gasteiger partial charge is 0.227 e. The van der Waals surface area contributed by atoms with Gasteiger partial charge in [0, 0.05) is 55.3 Å². The molecule has 33 heavy (non-hydrogen) atoms. The van der Waals surface area contributed by atoms with Gasteiger partial charge in [-0.3, -0.25) is 9.36 Å². The van der Waals surface area contributed by atoms with Gasteiger partial charge in [-0.2, -0.15) is 5.26 Å². The average Bonchev–Trinajstić information content (AvgIpc) is 3.56.